The van der Waals surface area contributed by atoms with Crippen LogP contribution in [0.3, 0.4) is 0 Å². The Kier molecular flexibility index (Phi) is 12.2. The highest BCUT2D eigenvalue weighted by molar-refractivity contribution is 6.43. The molecule has 5 heteroatoms. The molecule has 0 aliphatic rings. The largest absolute Gasteiger partial charge is 0.398 e. The highest BCUT2D eigenvalue weighted by Gasteiger charge is 2.09. The number of allylic oxidation sites excluding steroid dienone is 4. The second-order valence-corrected chi connectivity index (χ2v) is 6.80. The molecule has 0 aromatic carbocycles. The second-order valence-electron chi connectivity index (χ2n) is 6.80. The van der Waals surface area contributed by atoms with Crippen molar-refractivity contribution in [2.45, 2.75) is 40.6 Å². The lowest BCUT2D eigenvalue weighted by molar-refractivity contribution is 0.713. The number of hydrogen-bond acceptors (Lipinski definition) is 4. The van der Waals surface area contributed by atoms with Gasteiger partial charge >= 0.3 is 0 Å². The van der Waals surface area contributed by atoms with Crippen LogP contribution in [-0.4, -0.2) is 40.2 Å². The van der Waals surface area contributed by atoms with Gasteiger partial charge in [-0.25, -0.2) is 0 Å². The molecule has 4 N–H and O–H groups in total. The Balaban J connectivity index is 5.67. The van der Waals surface area contributed by atoms with E-state index in [0.717, 1.165) is 18.4 Å². The van der Waals surface area contributed by atoms with Gasteiger partial charge in [0, 0.05) is 48.9 Å². The molecule has 26 heavy (non-hydrogen) atoms. The van der Waals surface area contributed by atoms with E-state index in [9.17, 15) is 0 Å². The molecular formula is C21H37BN4. The minimum Gasteiger partial charge on any atom is -0.398 e. The van der Waals surface area contributed by atoms with Crippen molar-refractivity contribution < 1.29 is 0 Å². The molecule has 0 amide bonds. The zero-order chi connectivity index (χ0) is 20.1. The first-order valence-corrected chi connectivity index (χ1v) is 9.33. The molecule has 0 heterocycles. The molecule has 0 radical (unpaired) electrons. The first-order chi connectivity index (χ1) is 12.3. The summed E-state index contributed by atoms with van der Waals surface area (Å²) in [6.07, 6.45) is 10.0. The number of rotatable bonds is 11. The third kappa shape index (κ3) is 8.91. The highest BCUT2D eigenvalue weighted by Crippen LogP contribution is 2.13. The van der Waals surface area contributed by atoms with Gasteiger partial charge in [-0.05, 0) is 25.5 Å². The van der Waals surface area contributed by atoms with Gasteiger partial charge in [-0.15, -0.1) is 5.47 Å². The third-order valence-corrected chi connectivity index (χ3v) is 4.02. The van der Waals surface area contributed by atoms with Gasteiger partial charge in [0.2, 0.25) is 0 Å². The summed E-state index contributed by atoms with van der Waals surface area (Å²) in [5.74, 6) is 0.494. The molecule has 0 fully saturated rings. The van der Waals surface area contributed by atoms with Crippen LogP contribution < -0.4 is 16.4 Å². The minimum atomic E-state index is 0.186. The predicted octanol–water partition coefficient (Wildman–Crippen LogP) is 3.14. The number of nitrogens with one attached hydrogen (secondary N) is 2. The monoisotopic (exact) mass is 356 g/mol. The van der Waals surface area contributed by atoms with E-state index in [2.05, 4.69) is 68.9 Å². The fourth-order valence-electron chi connectivity index (χ4n) is 2.38. The quantitative estimate of drug-likeness (QED) is 0.303. The smallest absolute Gasteiger partial charge is 0.148 e. The molecule has 0 rings (SSSR count). The first kappa shape index (κ1) is 24.0. The van der Waals surface area contributed by atoms with Gasteiger partial charge in [-0.2, -0.15) is 0 Å². The molecule has 0 aliphatic carbocycles. The van der Waals surface area contributed by atoms with Crippen LogP contribution in [-0.2, 0) is 0 Å². The topological polar surface area (TPSA) is 62.4 Å². The van der Waals surface area contributed by atoms with Crippen LogP contribution in [0.1, 0.15) is 27.7 Å². The van der Waals surface area contributed by atoms with Crippen molar-refractivity contribution in [2.75, 3.05) is 20.6 Å². The minimum absolute atomic E-state index is 0.186. The summed E-state index contributed by atoms with van der Waals surface area (Å²) in [7, 11) is 4.69. The van der Waals surface area contributed by atoms with Gasteiger partial charge in [0.25, 0.3) is 0 Å². The van der Waals surface area contributed by atoms with E-state index in [1.165, 1.54) is 11.0 Å². The normalized spacial score (nSPS) is 15.9. The van der Waals surface area contributed by atoms with E-state index in [4.69, 9.17) is 5.73 Å². The van der Waals surface area contributed by atoms with E-state index < -0.39 is 0 Å². The molecule has 0 aromatic rings. The van der Waals surface area contributed by atoms with Gasteiger partial charge in [-0.1, -0.05) is 52.4 Å². The fourth-order valence-corrected chi connectivity index (χ4v) is 2.38. The van der Waals surface area contributed by atoms with E-state index >= 15 is 0 Å². The summed E-state index contributed by atoms with van der Waals surface area (Å²) in [6, 6.07) is 0.186. The maximum absolute atomic E-state index is 6.33. The average molecular weight is 356 g/mol. The van der Waals surface area contributed by atoms with Gasteiger partial charge in [-0.3, -0.25) is 4.99 Å². The Morgan fingerprint density at radius 1 is 1.31 bits per heavy atom. The predicted molar refractivity (Wildman–Crippen MR) is 120 cm³/mol. The maximum atomic E-state index is 6.33. The van der Waals surface area contributed by atoms with Crippen molar-refractivity contribution in [1.82, 2.24) is 10.6 Å². The number of hydrogen-bond donors (Lipinski definition) is 3. The van der Waals surface area contributed by atoms with E-state index in [0.29, 0.717) is 18.2 Å². The van der Waals surface area contributed by atoms with Crippen molar-refractivity contribution in [3.05, 3.63) is 58.9 Å². The SMILES string of the molecule is C=CC(/C=N\C)=C(N)\C(=C\NC(C)C(/C=C(\C)BC)=C/C(C)C)CNC. The molecule has 0 aromatic heterocycles. The van der Waals surface area contributed by atoms with Crippen LogP contribution >= 0.6 is 0 Å². The van der Waals surface area contributed by atoms with Crippen molar-refractivity contribution in [1.29, 1.82) is 0 Å². The summed E-state index contributed by atoms with van der Waals surface area (Å²) in [5.41, 5.74) is 11.5. The van der Waals surface area contributed by atoms with Gasteiger partial charge < -0.3 is 16.4 Å². The number of aliphatic imine (C=N–C) groups is 1. The number of nitrogens with zero attached hydrogens (tertiary/aromatic N) is 1. The van der Waals surface area contributed by atoms with Gasteiger partial charge in [0.1, 0.15) is 7.28 Å². The van der Waals surface area contributed by atoms with Crippen molar-refractivity contribution >= 4 is 13.5 Å². The molecule has 144 valence electrons. The molecule has 0 spiro atoms. The Hall–Kier alpha value is -2.01. The van der Waals surface area contributed by atoms with Crippen molar-refractivity contribution in [2.24, 2.45) is 16.6 Å². The van der Waals surface area contributed by atoms with E-state index in [-0.39, 0.29) is 6.04 Å². The van der Waals surface area contributed by atoms with E-state index in [1.807, 2.05) is 13.2 Å². The zero-order valence-corrected chi connectivity index (χ0v) is 17.7. The molecule has 1 unspecified atom stereocenters. The second kappa shape index (κ2) is 13.2. The Bertz CT molecular complexity index is 595. The molecule has 0 saturated carbocycles. The third-order valence-electron chi connectivity index (χ3n) is 4.02. The van der Waals surface area contributed by atoms with Crippen LogP contribution in [0.2, 0.25) is 6.82 Å². The summed E-state index contributed by atoms with van der Waals surface area (Å²) in [5, 5.41) is 6.67. The van der Waals surface area contributed by atoms with Crippen LogP contribution in [0.25, 0.3) is 0 Å². The lowest BCUT2D eigenvalue weighted by Crippen LogP contribution is -2.26. The Morgan fingerprint density at radius 3 is 2.42 bits per heavy atom. The molecule has 0 bridgehead atoms. The molecule has 0 saturated heterocycles. The van der Waals surface area contributed by atoms with Crippen molar-refractivity contribution in [3.63, 3.8) is 0 Å². The fraction of sp³-hybridized carbons (Fsp3) is 0.476. The maximum Gasteiger partial charge on any atom is 0.148 e. The number of nitrogens with two attached hydrogens (primary N) is 1. The lowest BCUT2D eigenvalue weighted by atomic mass is 9.72. The summed E-state index contributed by atoms with van der Waals surface area (Å²) in [4.78, 5) is 4.05. The molecular weight excluding hydrogens is 319 g/mol. The van der Waals surface area contributed by atoms with E-state index in [1.54, 1.807) is 19.3 Å². The Labute approximate surface area is 161 Å². The highest BCUT2D eigenvalue weighted by atomic mass is 14.9. The van der Waals surface area contributed by atoms with Gasteiger partial charge in [0.05, 0.1) is 0 Å². The van der Waals surface area contributed by atoms with Crippen LogP contribution in [0.15, 0.2) is 63.9 Å². The van der Waals surface area contributed by atoms with Gasteiger partial charge in [0.15, 0.2) is 0 Å². The Morgan fingerprint density at radius 2 is 1.96 bits per heavy atom. The standard InChI is InChI=1S/C21H37BN4/c1-9-18(12-24-7)21(23)20(13-25-8)14-26-17(5)19(10-15(2)3)11-16(4)22-6/h9-12,14-15,17,22,25-26H,1,13,23H2,2-8H3/b16-11+,19-10+,20-14+,21-18-,24-12-. The first-order valence-electron chi connectivity index (χ1n) is 9.33. The van der Waals surface area contributed by atoms with Crippen LogP contribution in [0.4, 0.5) is 0 Å². The number of likely N-dealkylation sites (N-methyl/N-ethyl adjacent to an activating group) is 1. The van der Waals surface area contributed by atoms with Crippen LogP contribution in [0.5, 0.6) is 0 Å². The molecule has 0 aliphatic heterocycles. The molecule has 4 nitrogen and oxygen atoms in total. The van der Waals surface area contributed by atoms with Crippen molar-refractivity contribution in [3.8, 4) is 0 Å². The molecule has 1 atom stereocenters. The summed E-state index contributed by atoms with van der Waals surface area (Å²) >= 11 is 0. The average Bonchev–Trinajstić information content (AvgIpc) is 2.61. The summed E-state index contributed by atoms with van der Waals surface area (Å²) < 4.78 is 0. The summed E-state index contributed by atoms with van der Waals surface area (Å²) in [6.45, 7) is 15.4. The zero-order valence-electron chi connectivity index (χ0n) is 17.7. The lowest BCUT2D eigenvalue weighted by Gasteiger charge is -2.18. The van der Waals surface area contributed by atoms with Crippen LogP contribution in [0, 0.1) is 5.92 Å².